The molecule has 0 saturated carbocycles. The topological polar surface area (TPSA) is 144 Å². The zero-order chi connectivity index (χ0) is 24.4. The average Bonchev–Trinajstić information content (AvgIpc) is 2.82. The fourth-order valence-electron chi connectivity index (χ4n) is 3.50. The molecule has 2 N–H and O–H groups in total. The summed E-state index contributed by atoms with van der Waals surface area (Å²) in [5.41, 5.74) is -0.584. The second kappa shape index (κ2) is 9.24. The first-order chi connectivity index (χ1) is 16.3. The molecule has 11 heteroatoms. The van der Waals surface area contributed by atoms with Crippen molar-refractivity contribution in [2.45, 2.75) is 6.04 Å². The lowest BCUT2D eigenvalue weighted by Gasteiger charge is -2.20. The molecule has 0 radical (unpaired) electrons. The van der Waals surface area contributed by atoms with Gasteiger partial charge in [0.05, 0.1) is 16.0 Å². The lowest BCUT2D eigenvalue weighted by atomic mass is 10.1. The third-order valence-electron chi connectivity index (χ3n) is 5.06. The Labute approximate surface area is 199 Å². The quantitative estimate of drug-likeness (QED) is 0.287. The van der Waals surface area contributed by atoms with Crippen molar-refractivity contribution in [1.29, 1.82) is 0 Å². The Balaban J connectivity index is 1.87. The van der Waals surface area contributed by atoms with E-state index in [0.717, 1.165) is 4.68 Å². The molecule has 0 aliphatic rings. The molecule has 170 valence electrons. The normalized spacial score (nSPS) is 11.7. The minimum atomic E-state index is -1.35. The molecule has 0 saturated heterocycles. The molecule has 4 rings (SSSR count). The Bertz CT molecular complexity index is 1500. The van der Waals surface area contributed by atoms with Crippen molar-refractivity contribution >= 4 is 50.0 Å². The van der Waals surface area contributed by atoms with E-state index in [-0.39, 0.29) is 32.3 Å². The van der Waals surface area contributed by atoms with Gasteiger partial charge >= 0.3 is 5.97 Å². The first kappa shape index (κ1) is 22.8. The summed E-state index contributed by atoms with van der Waals surface area (Å²) >= 11 is 3.20. The van der Waals surface area contributed by atoms with Gasteiger partial charge in [-0.3, -0.25) is 19.7 Å². The molecule has 0 aliphatic carbocycles. The number of aromatic carboxylic acids is 1. The van der Waals surface area contributed by atoms with E-state index in [0.29, 0.717) is 5.56 Å². The lowest BCUT2D eigenvalue weighted by Crippen LogP contribution is -2.37. The predicted molar refractivity (Wildman–Crippen MR) is 127 cm³/mol. The third kappa shape index (κ3) is 4.28. The number of non-ortho nitro benzene ring substituents is 1. The number of benzene rings is 3. The summed E-state index contributed by atoms with van der Waals surface area (Å²) in [5, 5.41) is 27.6. The van der Waals surface area contributed by atoms with Crippen LogP contribution in [0.5, 0.6) is 0 Å². The molecule has 0 aliphatic heterocycles. The largest absolute Gasteiger partial charge is 0.476 e. The number of aromatic nitrogens is 2. The number of carbonyl (C=O) groups is 2. The highest BCUT2D eigenvalue weighted by atomic mass is 79.9. The van der Waals surface area contributed by atoms with Gasteiger partial charge in [-0.1, -0.05) is 48.5 Å². The van der Waals surface area contributed by atoms with E-state index in [4.69, 9.17) is 0 Å². The second-order valence-corrected chi connectivity index (χ2v) is 8.03. The number of hydrogen-bond acceptors (Lipinski definition) is 6. The van der Waals surface area contributed by atoms with Crippen LogP contribution in [0, 0.1) is 10.1 Å². The number of nitro benzene ring substituents is 1. The molecule has 1 heterocycles. The number of nitrogens with one attached hydrogen (secondary N) is 1. The van der Waals surface area contributed by atoms with E-state index in [1.165, 1.54) is 30.3 Å². The van der Waals surface area contributed by atoms with Gasteiger partial charge in [0.15, 0.2) is 11.7 Å². The molecule has 1 unspecified atom stereocenters. The van der Waals surface area contributed by atoms with Crippen LogP contribution in [-0.4, -0.2) is 31.7 Å². The van der Waals surface area contributed by atoms with Crippen molar-refractivity contribution in [3.63, 3.8) is 0 Å². The lowest BCUT2D eigenvalue weighted by molar-refractivity contribution is -0.384. The van der Waals surface area contributed by atoms with Gasteiger partial charge < -0.3 is 10.4 Å². The number of carboxylic acid groups (broad SMARTS) is 1. The Hall–Kier alpha value is -4.38. The van der Waals surface area contributed by atoms with Crippen LogP contribution in [0.2, 0.25) is 0 Å². The van der Waals surface area contributed by atoms with Gasteiger partial charge in [-0.2, -0.15) is 5.10 Å². The molecular weight excluding hydrogens is 508 g/mol. The smallest absolute Gasteiger partial charge is 0.357 e. The van der Waals surface area contributed by atoms with Crippen LogP contribution in [-0.2, 0) is 4.79 Å². The molecule has 34 heavy (non-hydrogen) atoms. The van der Waals surface area contributed by atoms with Crippen molar-refractivity contribution < 1.29 is 19.6 Å². The van der Waals surface area contributed by atoms with Crippen LogP contribution in [0.25, 0.3) is 10.8 Å². The minimum absolute atomic E-state index is 0.0974. The SMILES string of the molecule is O=C(O)c1nn(C(C(=O)Nc2ccc([N+](=O)[O-])cc2Br)c2ccccc2)c(=O)c2ccccc12. The van der Waals surface area contributed by atoms with E-state index < -0.39 is 28.4 Å². The van der Waals surface area contributed by atoms with Gasteiger partial charge in [0, 0.05) is 22.0 Å². The van der Waals surface area contributed by atoms with Gasteiger partial charge in [-0.05, 0) is 33.6 Å². The number of hydrogen-bond donors (Lipinski definition) is 2. The summed E-state index contributed by atoms with van der Waals surface area (Å²) in [4.78, 5) is 49.1. The van der Waals surface area contributed by atoms with E-state index in [2.05, 4.69) is 26.3 Å². The Morgan fingerprint density at radius 2 is 1.68 bits per heavy atom. The fourth-order valence-corrected chi connectivity index (χ4v) is 3.96. The first-order valence-corrected chi connectivity index (χ1v) is 10.6. The number of fused-ring (bicyclic) bond motifs is 1. The van der Waals surface area contributed by atoms with E-state index in [1.807, 2.05) is 0 Å². The standard InChI is InChI=1S/C23H15BrN4O6/c24-17-12-14(28(33)34)10-11-18(17)25-21(29)20(13-6-2-1-3-7-13)27-22(30)16-9-5-4-8-15(16)19(26-27)23(31)32/h1-12,20H,(H,25,29)(H,31,32). The number of amides is 1. The highest BCUT2D eigenvalue weighted by Crippen LogP contribution is 2.29. The summed E-state index contributed by atoms with van der Waals surface area (Å²) in [6.07, 6.45) is 0. The molecule has 1 aromatic heterocycles. The van der Waals surface area contributed by atoms with E-state index in [1.54, 1.807) is 42.5 Å². The van der Waals surface area contributed by atoms with Crippen molar-refractivity contribution in [3.05, 3.63) is 109 Å². The van der Waals surface area contributed by atoms with Gasteiger partial charge in [-0.15, -0.1) is 0 Å². The van der Waals surface area contributed by atoms with Crippen LogP contribution in [0.3, 0.4) is 0 Å². The molecule has 4 aromatic rings. The fraction of sp³-hybridized carbons (Fsp3) is 0.0435. The number of carboxylic acids is 1. The molecule has 0 bridgehead atoms. The van der Waals surface area contributed by atoms with Gasteiger partial charge in [0.2, 0.25) is 0 Å². The maximum absolute atomic E-state index is 13.4. The molecule has 0 spiro atoms. The summed E-state index contributed by atoms with van der Waals surface area (Å²) in [5.74, 6) is -2.04. The zero-order valence-electron chi connectivity index (χ0n) is 17.2. The van der Waals surface area contributed by atoms with Gasteiger partial charge in [0.25, 0.3) is 17.2 Å². The number of anilines is 1. The number of carbonyl (C=O) groups excluding carboxylic acids is 1. The maximum atomic E-state index is 13.4. The molecular formula is C23H15BrN4O6. The van der Waals surface area contributed by atoms with Crippen LogP contribution >= 0.6 is 15.9 Å². The predicted octanol–water partition coefficient (Wildman–Crippen LogP) is 3.99. The summed E-state index contributed by atoms with van der Waals surface area (Å²) in [6.45, 7) is 0. The second-order valence-electron chi connectivity index (χ2n) is 7.17. The Kier molecular flexibility index (Phi) is 6.19. The number of halogens is 1. The van der Waals surface area contributed by atoms with Crippen LogP contribution in [0.1, 0.15) is 22.1 Å². The maximum Gasteiger partial charge on any atom is 0.357 e. The molecule has 10 nitrogen and oxygen atoms in total. The summed E-state index contributed by atoms with van der Waals surface area (Å²) in [6, 6.07) is 16.9. The molecule has 0 fully saturated rings. The number of nitro groups is 1. The van der Waals surface area contributed by atoms with Crippen molar-refractivity contribution in [2.24, 2.45) is 0 Å². The van der Waals surface area contributed by atoms with Gasteiger partial charge in [0.1, 0.15) is 0 Å². The Morgan fingerprint density at radius 1 is 1.03 bits per heavy atom. The van der Waals surface area contributed by atoms with Crippen molar-refractivity contribution in [3.8, 4) is 0 Å². The minimum Gasteiger partial charge on any atom is -0.476 e. The van der Waals surface area contributed by atoms with Crippen molar-refractivity contribution in [1.82, 2.24) is 9.78 Å². The average molecular weight is 523 g/mol. The summed E-state index contributed by atoms with van der Waals surface area (Å²) in [7, 11) is 0. The number of rotatable bonds is 6. The van der Waals surface area contributed by atoms with Gasteiger partial charge in [-0.25, -0.2) is 9.48 Å². The number of nitrogens with zero attached hydrogens (tertiary/aromatic N) is 3. The molecule has 3 aromatic carbocycles. The zero-order valence-corrected chi connectivity index (χ0v) is 18.8. The highest BCUT2D eigenvalue weighted by Gasteiger charge is 2.28. The molecule has 1 atom stereocenters. The van der Waals surface area contributed by atoms with Crippen LogP contribution < -0.4 is 10.9 Å². The monoisotopic (exact) mass is 522 g/mol. The van der Waals surface area contributed by atoms with Crippen LogP contribution in [0.4, 0.5) is 11.4 Å². The van der Waals surface area contributed by atoms with Crippen LogP contribution in [0.15, 0.2) is 82.1 Å². The van der Waals surface area contributed by atoms with E-state index >= 15 is 0 Å². The highest BCUT2D eigenvalue weighted by molar-refractivity contribution is 9.10. The van der Waals surface area contributed by atoms with Crippen molar-refractivity contribution in [2.75, 3.05) is 5.32 Å². The first-order valence-electron chi connectivity index (χ1n) is 9.82. The van der Waals surface area contributed by atoms with E-state index in [9.17, 15) is 29.6 Å². The Morgan fingerprint density at radius 3 is 2.29 bits per heavy atom. The molecule has 1 amide bonds. The third-order valence-corrected chi connectivity index (χ3v) is 5.72. The summed E-state index contributed by atoms with van der Waals surface area (Å²) < 4.78 is 1.10.